The molecule has 0 atom stereocenters. The van der Waals surface area contributed by atoms with Crippen molar-refractivity contribution in [2.75, 3.05) is 11.1 Å². The molecule has 0 radical (unpaired) electrons. The molecule has 0 fully saturated rings. The molecule has 2 aromatic carbocycles. The number of rotatable bonds is 4. The summed E-state index contributed by atoms with van der Waals surface area (Å²) in [6.07, 6.45) is 0. The number of thiazole rings is 1. The second-order valence-electron chi connectivity index (χ2n) is 5.18. The number of carbonyl (C=O) groups is 1. The molecule has 0 aliphatic heterocycles. The van der Waals surface area contributed by atoms with E-state index in [1.54, 1.807) is 12.1 Å². The molecule has 0 unspecified atom stereocenters. The van der Waals surface area contributed by atoms with Gasteiger partial charge in [-0.25, -0.2) is 9.37 Å². The van der Waals surface area contributed by atoms with E-state index in [0.717, 1.165) is 16.9 Å². The van der Waals surface area contributed by atoms with E-state index in [2.05, 4.69) is 10.3 Å². The lowest BCUT2D eigenvalue weighted by Gasteiger charge is -2.03. The van der Waals surface area contributed by atoms with E-state index in [4.69, 9.17) is 17.3 Å². The van der Waals surface area contributed by atoms with Gasteiger partial charge in [0.05, 0.1) is 5.02 Å². The van der Waals surface area contributed by atoms with Gasteiger partial charge in [-0.2, -0.15) is 0 Å². The molecular formula is C17H13ClFN3OS. The number of halogens is 2. The van der Waals surface area contributed by atoms with Crippen LogP contribution in [-0.2, 0) is 0 Å². The number of carbonyl (C=O) groups excluding carboxylic acids is 1. The molecule has 7 heteroatoms. The monoisotopic (exact) mass is 361 g/mol. The minimum atomic E-state index is -0.504. The van der Waals surface area contributed by atoms with E-state index in [-0.39, 0.29) is 16.6 Å². The van der Waals surface area contributed by atoms with E-state index >= 15 is 0 Å². The van der Waals surface area contributed by atoms with Crippen LogP contribution in [0.25, 0.3) is 0 Å². The van der Waals surface area contributed by atoms with Gasteiger partial charge in [0, 0.05) is 11.3 Å². The van der Waals surface area contributed by atoms with Crippen LogP contribution < -0.4 is 11.1 Å². The molecule has 0 saturated heterocycles. The van der Waals surface area contributed by atoms with Crippen LogP contribution in [0.15, 0.2) is 42.5 Å². The first-order valence-corrected chi connectivity index (χ1v) is 8.23. The third kappa shape index (κ3) is 3.39. The normalized spacial score (nSPS) is 10.6. The summed E-state index contributed by atoms with van der Waals surface area (Å²) < 4.78 is 13.2. The van der Waals surface area contributed by atoms with Gasteiger partial charge in [-0.15, -0.1) is 0 Å². The van der Waals surface area contributed by atoms with Crippen LogP contribution in [-0.4, -0.2) is 10.8 Å². The summed E-state index contributed by atoms with van der Waals surface area (Å²) in [5.74, 6) is -0.535. The van der Waals surface area contributed by atoms with Gasteiger partial charge in [0.2, 0.25) is 5.78 Å². The Hall–Kier alpha value is -2.44. The fourth-order valence-corrected chi connectivity index (χ4v) is 3.13. The topological polar surface area (TPSA) is 68.0 Å². The summed E-state index contributed by atoms with van der Waals surface area (Å²) in [5.41, 5.74) is 8.05. The lowest BCUT2D eigenvalue weighted by molar-refractivity contribution is 0.104. The number of hydrogen-bond acceptors (Lipinski definition) is 5. The van der Waals surface area contributed by atoms with Crippen LogP contribution >= 0.6 is 22.9 Å². The summed E-state index contributed by atoms with van der Waals surface area (Å²) >= 11 is 6.89. The molecule has 3 rings (SSSR count). The molecule has 0 aliphatic rings. The zero-order valence-corrected chi connectivity index (χ0v) is 14.2. The number of anilines is 3. The quantitative estimate of drug-likeness (QED) is 0.655. The van der Waals surface area contributed by atoms with Crippen molar-refractivity contribution in [1.82, 2.24) is 4.98 Å². The molecule has 0 bridgehead atoms. The molecule has 0 saturated carbocycles. The van der Waals surface area contributed by atoms with Gasteiger partial charge in [0.1, 0.15) is 16.5 Å². The first-order valence-electron chi connectivity index (χ1n) is 7.04. The Kier molecular flexibility index (Phi) is 4.51. The van der Waals surface area contributed by atoms with E-state index in [1.165, 1.54) is 18.2 Å². The first kappa shape index (κ1) is 16.4. The van der Waals surface area contributed by atoms with Gasteiger partial charge in [-0.1, -0.05) is 52.8 Å². The van der Waals surface area contributed by atoms with Gasteiger partial charge in [-0.05, 0) is 25.1 Å². The molecule has 1 aromatic heterocycles. The fraction of sp³-hybridized carbons (Fsp3) is 0.0588. The average Bonchev–Trinajstić information content (AvgIpc) is 2.91. The maximum absolute atomic E-state index is 13.2. The lowest BCUT2D eigenvalue weighted by atomic mass is 10.1. The Morgan fingerprint density at radius 1 is 1.25 bits per heavy atom. The molecule has 24 heavy (non-hydrogen) atoms. The van der Waals surface area contributed by atoms with Crippen LogP contribution in [0, 0.1) is 12.7 Å². The number of ketones is 1. The van der Waals surface area contributed by atoms with E-state index in [1.807, 2.05) is 19.1 Å². The van der Waals surface area contributed by atoms with Crippen LogP contribution in [0.4, 0.5) is 21.0 Å². The highest BCUT2D eigenvalue weighted by molar-refractivity contribution is 7.18. The smallest absolute Gasteiger partial charge is 0.206 e. The maximum Gasteiger partial charge on any atom is 0.206 e. The highest BCUT2D eigenvalue weighted by Gasteiger charge is 2.18. The van der Waals surface area contributed by atoms with Crippen molar-refractivity contribution in [2.24, 2.45) is 0 Å². The third-order valence-electron chi connectivity index (χ3n) is 3.34. The zero-order chi connectivity index (χ0) is 17.3. The fourth-order valence-electron chi connectivity index (χ4n) is 2.08. The Bertz CT molecular complexity index is 909. The average molecular weight is 362 g/mol. The van der Waals surface area contributed by atoms with Crippen molar-refractivity contribution in [3.05, 3.63) is 69.3 Å². The second kappa shape index (κ2) is 6.59. The van der Waals surface area contributed by atoms with Gasteiger partial charge in [0.25, 0.3) is 0 Å². The Morgan fingerprint density at radius 3 is 2.62 bits per heavy atom. The molecule has 0 amide bonds. The van der Waals surface area contributed by atoms with Gasteiger partial charge < -0.3 is 11.1 Å². The number of hydrogen-bond donors (Lipinski definition) is 2. The number of nitrogens with one attached hydrogen (secondary N) is 1. The van der Waals surface area contributed by atoms with Crippen molar-refractivity contribution in [1.29, 1.82) is 0 Å². The highest BCUT2D eigenvalue weighted by atomic mass is 35.5. The Balaban J connectivity index is 1.85. The molecule has 4 nitrogen and oxygen atoms in total. The number of nitrogens with zero attached hydrogens (tertiary/aromatic N) is 1. The summed E-state index contributed by atoms with van der Waals surface area (Å²) in [7, 11) is 0. The highest BCUT2D eigenvalue weighted by Crippen LogP contribution is 2.30. The number of aryl methyl sites for hydroxylation is 1. The molecule has 3 aromatic rings. The van der Waals surface area contributed by atoms with E-state index in [9.17, 15) is 9.18 Å². The van der Waals surface area contributed by atoms with Gasteiger partial charge >= 0.3 is 0 Å². The summed E-state index contributed by atoms with van der Waals surface area (Å²) in [5, 5.41) is 3.41. The SMILES string of the molecule is Cc1ccc(C(=O)c2sc(Nc3ccc(F)c(Cl)c3)nc2N)cc1. The molecule has 0 aliphatic carbocycles. The predicted molar refractivity (Wildman–Crippen MR) is 95.8 cm³/mol. The largest absolute Gasteiger partial charge is 0.382 e. The summed E-state index contributed by atoms with van der Waals surface area (Å²) in [4.78, 5) is 17.0. The molecule has 3 N–H and O–H groups in total. The number of benzene rings is 2. The summed E-state index contributed by atoms with van der Waals surface area (Å²) in [6, 6.07) is 11.5. The van der Waals surface area contributed by atoms with Gasteiger partial charge in [-0.3, -0.25) is 4.79 Å². The molecule has 122 valence electrons. The van der Waals surface area contributed by atoms with Crippen LogP contribution in [0.5, 0.6) is 0 Å². The maximum atomic E-state index is 13.2. The van der Waals surface area contributed by atoms with Gasteiger partial charge in [0.15, 0.2) is 5.13 Å². The standard InChI is InChI=1S/C17H13ClFN3OS/c1-9-2-4-10(5-3-9)14(23)15-16(20)22-17(24-15)21-11-6-7-13(19)12(18)8-11/h2-8H,20H2,1H3,(H,21,22). The van der Waals surface area contributed by atoms with Crippen LogP contribution in [0.2, 0.25) is 5.02 Å². The second-order valence-corrected chi connectivity index (χ2v) is 6.59. The van der Waals surface area contributed by atoms with E-state index < -0.39 is 5.82 Å². The zero-order valence-electron chi connectivity index (χ0n) is 12.6. The molecular weight excluding hydrogens is 349 g/mol. The minimum Gasteiger partial charge on any atom is -0.382 e. The number of nitrogen functional groups attached to an aromatic ring is 1. The molecule has 1 heterocycles. The summed E-state index contributed by atoms with van der Waals surface area (Å²) in [6.45, 7) is 1.95. The number of nitrogens with two attached hydrogens (primary N) is 1. The van der Waals surface area contributed by atoms with Crippen molar-refractivity contribution < 1.29 is 9.18 Å². The van der Waals surface area contributed by atoms with Crippen molar-refractivity contribution in [3.8, 4) is 0 Å². The van der Waals surface area contributed by atoms with Crippen LogP contribution in [0.3, 0.4) is 0 Å². The lowest BCUT2D eigenvalue weighted by Crippen LogP contribution is -2.02. The van der Waals surface area contributed by atoms with Crippen LogP contribution in [0.1, 0.15) is 20.8 Å². The Morgan fingerprint density at radius 2 is 1.96 bits per heavy atom. The van der Waals surface area contributed by atoms with E-state index in [0.29, 0.717) is 21.3 Å². The minimum absolute atomic E-state index is 0.000447. The van der Waals surface area contributed by atoms with Crippen molar-refractivity contribution in [2.45, 2.75) is 6.92 Å². The first-order chi connectivity index (χ1) is 11.4. The molecule has 0 spiro atoms. The van der Waals surface area contributed by atoms with Crippen molar-refractivity contribution >= 4 is 45.4 Å². The Labute approximate surface area is 147 Å². The number of aromatic nitrogens is 1. The predicted octanol–water partition coefficient (Wildman–Crippen LogP) is 4.80. The third-order valence-corrected chi connectivity index (χ3v) is 4.62. The van der Waals surface area contributed by atoms with Crippen molar-refractivity contribution in [3.63, 3.8) is 0 Å².